The van der Waals surface area contributed by atoms with E-state index in [1.165, 1.54) is 38.3 Å². The number of benzene rings is 1. The number of hydrogen-bond donors (Lipinski definition) is 1. The van der Waals surface area contributed by atoms with Crippen molar-refractivity contribution in [1.82, 2.24) is 0 Å². The molecule has 31 heavy (non-hydrogen) atoms. The summed E-state index contributed by atoms with van der Waals surface area (Å²) < 4.78 is 15.4. The predicted molar refractivity (Wildman–Crippen MR) is 110 cm³/mol. The molecular weight excluding hydrogens is 404 g/mol. The van der Waals surface area contributed by atoms with Crippen molar-refractivity contribution < 1.29 is 38.5 Å². The number of carbonyl (C=O) groups excluding carboxylic acids is 4. The smallest absolute Gasteiger partial charge is 0.337 e. The van der Waals surface area contributed by atoms with Crippen molar-refractivity contribution in [3.05, 3.63) is 35.4 Å². The second-order valence-electron chi connectivity index (χ2n) is 8.57. The van der Waals surface area contributed by atoms with Crippen LogP contribution in [0.15, 0.2) is 24.3 Å². The largest absolute Gasteiger partial charge is 0.465 e. The molecule has 1 aliphatic rings. The molecule has 1 aliphatic carbocycles. The molecule has 1 aromatic carbocycles. The highest BCUT2D eigenvalue weighted by molar-refractivity contribution is 6.03. The third-order valence-corrected chi connectivity index (χ3v) is 5.20. The molecule has 0 aromatic heterocycles. The standard InChI is InChI=1S/C23H30O8/c1-12(2)30-21(26)18-16(24)11-23(5,28)19(22(27)31-13(3)4)17(18)14-7-9-15(10-8-14)20(25)29-6/h7-10,12-13,17-19,28H,11H2,1-6H3. The first-order valence-electron chi connectivity index (χ1n) is 10.2. The summed E-state index contributed by atoms with van der Waals surface area (Å²) in [6.07, 6.45) is -1.31. The molecule has 4 atom stereocenters. The Bertz CT molecular complexity index is 830. The summed E-state index contributed by atoms with van der Waals surface area (Å²) >= 11 is 0. The van der Waals surface area contributed by atoms with Crippen LogP contribution >= 0.6 is 0 Å². The molecule has 0 amide bonds. The fraction of sp³-hybridized carbons (Fsp3) is 0.565. The Kier molecular flexibility index (Phi) is 7.59. The molecule has 0 radical (unpaired) electrons. The van der Waals surface area contributed by atoms with Gasteiger partial charge >= 0.3 is 17.9 Å². The van der Waals surface area contributed by atoms with Crippen LogP contribution in [0, 0.1) is 11.8 Å². The van der Waals surface area contributed by atoms with E-state index in [2.05, 4.69) is 0 Å². The van der Waals surface area contributed by atoms with Crippen LogP contribution in [-0.2, 0) is 28.6 Å². The van der Waals surface area contributed by atoms with Crippen molar-refractivity contribution in [2.45, 2.75) is 64.8 Å². The van der Waals surface area contributed by atoms with Gasteiger partial charge in [-0.1, -0.05) is 12.1 Å². The molecule has 170 valence electrons. The van der Waals surface area contributed by atoms with Gasteiger partial charge in [0.2, 0.25) is 0 Å². The highest BCUT2D eigenvalue weighted by Gasteiger charge is 2.57. The van der Waals surface area contributed by atoms with Gasteiger partial charge in [0.05, 0.1) is 36.4 Å². The van der Waals surface area contributed by atoms with Gasteiger partial charge < -0.3 is 19.3 Å². The van der Waals surface area contributed by atoms with Crippen molar-refractivity contribution in [3.63, 3.8) is 0 Å². The summed E-state index contributed by atoms with van der Waals surface area (Å²) in [5, 5.41) is 11.0. The van der Waals surface area contributed by atoms with Gasteiger partial charge in [-0.15, -0.1) is 0 Å². The molecule has 0 spiro atoms. The lowest BCUT2D eigenvalue weighted by atomic mass is 9.61. The summed E-state index contributed by atoms with van der Waals surface area (Å²) in [4.78, 5) is 50.6. The van der Waals surface area contributed by atoms with E-state index in [1.807, 2.05) is 0 Å². The molecule has 8 nitrogen and oxygen atoms in total. The van der Waals surface area contributed by atoms with Crippen LogP contribution in [0.3, 0.4) is 0 Å². The van der Waals surface area contributed by atoms with Gasteiger partial charge in [-0.2, -0.15) is 0 Å². The summed E-state index contributed by atoms with van der Waals surface area (Å²) in [6, 6.07) is 6.03. The number of methoxy groups -OCH3 is 1. The average Bonchev–Trinajstić information content (AvgIpc) is 2.64. The monoisotopic (exact) mass is 434 g/mol. The van der Waals surface area contributed by atoms with E-state index in [1.54, 1.807) is 27.7 Å². The third kappa shape index (κ3) is 5.50. The van der Waals surface area contributed by atoms with E-state index in [-0.39, 0.29) is 12.0 Å². The average molecular weight is 434 g/mol. The van der Waals surface area contributed by atoms with Crippen LogP contribution in [0.4, 0.5) is 0 Å². The Morgan fingerprint density at radius 1 is 1.00 bits per heavy atom. The molecule has 8 heteroatoms. The highest BCUT2D eigenvalue weighted by Crippen LogP contribution is 2.47. The first-order valence-corrected chi connectivity index (χ1v) is 10.2. The van der Waals surface area contributed by atoms with Crippen LogP contribution in [0.25, 0.3) is 0 Å². The van der Waals surface area contributed by atoms with Crippen LogP contribution in [0.1, 0.15) is 62.9 Å². The molecule has 0 aliphatic heterocycles. The lowest BCUT2D eigenvalue weighted by Gasteiger charge is -2.44. The van der Waals surface area contributed by atoms with Crippen LogP contribution in [-0.4, -0.2) is 53.7 Å². The number of esters is 3. The minimum absolute atomic E-state index is 0.266. The number of Topliss-reactive ketones (excluding diaryl/α,β-unsaturated/α-hetero) is 1. The molecule has 0 bridgehead atoms. The quantitative estimate of drug-likeness (QED) is 0.412. The van der Waals surface area contributed by atoms with E-state index in [4.69, 9.17) is 14.2 Å². The fourth-order valence-corrected chi connectivity index (χ4v) is 3.99. The maximum absolute atomic E-state index is 13.0. The lowest BCUT2D eigenvalue weighted by Crippen LogP contribution is -2.55. The molecule has 1 fully saturated rings. The topological polar surface area (TPSA) is 116 Å². The number of ether oxygens (including phenoxy) is 3. The predicted octanol–water partition coefficient (Wildman–Crippen LogP) is 2.42. The summed E-state index contributed by atoms with van der Waals surface area (Å²) in [6.45, 7) is 8.05. The van der Waals surface area contributed by atoms with Crippen molar-refractivity contribution >= 4 is 23.7 Å². The lowest BCUT2D eigenvalue weighted by molar-refractivity contribution is -0.176. The fourth-order valence-electron chi connectivity index (χ4n) is 3.99. The second kappa shape index (κ2) is 9.60. The number of hydrogen-bond acceptors (Lipinski definition) is 8. The SMILES string of the molecule is COC(=O)c1ccc(C2C(C(=O)OC(C)C)C(=O)CC(C)(O)C2C(=O)OC(C)C)cc1. The Morgan fingerprint density at radius 2 is 1.52 bits per heavy atom. The maximum atomic E-state index is 13.0. The Labute approximate surface area is 181 Å². The zero-order valence-corrected chi connectivity index (χ0v) is 18.7. The molecule has 1 N–H and O–H groups in total. The van der Waals surface area contributed by atoms with Crippen molar-refractivity contribution in [2.75, 3.05) is 7.11 Å². The Morgan fingerprint density at radius 3 is 2.00 bits per heavy atom. The van der Waals surface area contributed by atoms with Crippen molar-refractivity contribution in [2.24, 2.45) is 11.8 Å². The molecule has 1 aromatic rings. The minimum Gasteiger partial charge on any atom is -0.465 e. The third-order valence-electron chi connectivity index (χ3n) is 5.20. The van der Waals surface area contributed by atoms with Crippen LogP contribution in [0.2, 0.25) is 0 Å². The maximum Gasteiger partial charge on any atom is 0.337 e. The normalized spacial score (nSPS) is 26.0. The first kappa shape index (κ1) is 24.5. The van der Waals surface area contributed by atoms with E-state index in [9.17, 15) is 24.3 Å². The van der Waals surface area contributed by atoms with E-state index in [0.29, 0.717) is 5.56 Å². The Hall–Kier alpha value is -2.74. The van der Waals surface area contributed by atoms with Gasteiger partial charge in [-0.25, -0.2) is 4.79 Å². The molecule has 4 unspecified atom stereocenters. The molecular formula is C23H30O8. The summed E-state index contributed by atoms with van der Waals surface area (Å²) in [5.74, 6) is -6.06. The van der Waals surface area contributed by atoms with E-state index in [0.717, 1.165) is 0 Å². The van der Waals surface area contributed by atoms with E-state index >= 15 is 0 Å². The Balaban J connectivity index is 2.61. The number of rotatable bonds is 6. The zero-order valence-electron chi connectivity index (χ0n) is 18.7. The summed E-state index contributed by atoms with van der Waals surface area (Å²) in [5.41, 5.74) is -1.04. The number of aliphatic hydroxyl groups is 1. The van der Waals surface area contributed by atoms with Gasteiger partial charge in [0.15, 0.2) is 5.78 Å². The zero-order chi connectivity index (χ0) is 23.5. The molecule has 0 saturated heterocycles. The van der Waals surface area contributed by atoms with Gasteiger partial charge in [-0.3, -0.25) is 14.4 Å². The molecule has 0 heterocycles. The van der Waals surface area contributed by atoms with Gasteiger partial charge in [0.25, 0.3) is 0 Å². The minimum atomic E-state index is -1.73. The van der Waals surface area contributed by atoms with Crippen molar-refractivity contribution in [1.29, 1.82) is 0 Å². The van der Waals surface area contributed by atoms with Gasteiger partial charge in [-0.05, 0) is 52.3 Å². The molecule has 1 saturated carbocycles. The summed E-state index contributed by atoms with van der Waals surface area (Å²) in [7, 11) is 1.25. The highest BCUT2D eigenvalue weighted by atomic mass is 16.5. The van der Waals surface area contributed by atoms with Gasteiger partial charge in [0.1, 0.15) is 5.92 Å². The van der Waals surface area contributed by atoms with E-state index < -0.39 is 59.3 Å². The second-order valence-corrected chi connectivity index (χ2v) is 8.57. The van der Waals surface area contributed by atoms with Crippen LogP contribution in [0.5, 0.6) is 0 Å². The van der Waals surface area contributed by atoms with Gasteiger partial charge in [0, 0.05) is 12.3 Å². The van der Waals surface area contributed by atoms with Crippen molar-refractivity contribution in [3.8, 4) is 0 Å². The number of ketones is 1. The van der Waals surface area contributed by atoms with Crippen LogP contribution < -0.4 is 0 Å². The molecule has 2 rings (SSSR count). The number of carbonyl (C=O) groups is 4. The first-order chi connectivity index (χ1) is 14.4.